The third-order valence-corrected chi connectivity index (χ3v) is 9.30. The van der Waals surface area contributed by atoms with Crippen LogP contribution in [-0.2, 0) is 13.1 Å². The number of nitrogens with zero attached hydrogens (tertiary/aromatic N) is 3. The quantitative estimate of drug-likeness (QED) is 0.346. The van der Waals surface area contributed by atoms with Gasteiger partial charge in [-0.3, -0.25) is 9.80 Å². The second kappa shape index (κ2) is 12.7. The maximum absolute atomic E-state index is 11.1. The van der Waals surface area contributed by atoms with Crippen molar-refractivity contribution < 1.29 is 15.3 Å². The summed E-state index contributed by atoms with van der Waals surface area (Å²) in [5.74, 6) is 6.76. The van der Waals surface area contributed by atoms with E-state index in [1.54, 1.807) is 0 Å². The molecule has 3 aliphatic rings. The maximum Gasteiger partial charge on any atom is 0.133 e. The van der Waals surface area contributed by atoms with Gasteiger partial charge in [-0.1, -0.05) is 42.2 Å². The van der Waals surface area contributed by atoms with Crippen LogP contribution in [0.1, 0.15) is 55.2 Å². The van der Waals surface area contributed by atoms with Crippen molar-refractivity contribution in [2.24, 2.45) is 0 Å². The number of phenols is 1. The molecule has 0 aliphatic carbocycles. The number of aliphatic hydroxyl groups is 2. The van der Waals surface area contributed by atoms with Crippen molar-refractivity contribution in [1.29, 1.82) is 0 Å². The van der Waals surface area contributed by atoms with E-state index >= 15 is 0 Å². The van der Waals surface area contributed by atoms with Gasteiger partial charge >= 0.3 is 0 Å². The average molecular weight is 630 g/mol. The first-order valence-corrected chi connectivity index (χ1v) is 15.1. The number of likely N-dealkylation sites (tertiary alicyclic amines) is 3. The molecule has 3 aliphatic heterocycles. The topological polar surface area (TPSA) is 70.4 Å². The first kappa shape index (κ1) is 27.9. The standard InChI is InChI=1S/C31H40IN3O3/c32-29-21-25(6-11-31(38)12-18-34(19-13-31)22-24-4-2-1-3-5-24)20-26(30(29)37)23-33-14-7-27(8-15-33)35-16-9-28(36)10-17-35/h1-5,20-21,27-28,36-38H,7-10,12-19,22-23H2. The third kappa shape index (κ3) is 7.29. The summed E-state index contributed by atoms with van der Waals surface area (Å²) in [5.41, 5.74) is 2.09. The Bertz CT molecular complexity index is 1120. The number of piperidine rings is 3. The van der Waals surface area contributed by atoms with Gasteiger partial charge in [0.05, 0.1) is 9.67 Å². The van der Waals surface area contributed by atoms with E-state index in [1.807, 2.05) is 18.2 Å². The first-order valence-electron chi connectivity index (χ1n) is 14.0. The number of rotatable bonds is 5. The molecule has 0 aromatic heterocycles. The zero-order valence-corrected chi connectivity index (χ0v) is 24.3. The number of hydrogen-bond donors (Lipinski definition) is 3. The van der Waals surface area contributed by atoms with Gasteiger partial charge in [-0.15, -0.1) is 0 Å². The van der Waals surface area contributed by atoms with Gasteiger partial charge in [-0.25, -0.2) is 0 Å². The molecule has 0 unspecified atom stereocenters. The molecule has 0 saturated carbocycles. The van der Waals surface area contributed by atoms with Crippen molar-refractivity contribution in [3.05, 3.63) is 62.7 Å². The third-order valence-electron chi connectivity index (χ3n) is 8.48. The summed E-state index contributed by atoms with van der Waals surface area (Å²) in [6.07, 6.45) is 5.19. The summed E-state index contributed by atoms with van der Waals surface area (Å²) in [5, 5.41) is 31.7. The summed E-state index contributed by atoms with van der Waals surface area (Å²) in [4.78, 5) is 7.36. The summed E-state index contributed by atoms with van der Waals surface area (Å²) in [6, 6.07) is 15.0. The van der Waals surface area contributed by atoms with Crippen LogP contribution in [0.4, 0.5) is 0 Å². The number of aromatic hydroxyl groups is 1. The summed E-state index contributed by atoms with van der Waals surface area (Å²) >= 11 is 2.18. The van der Waals surface area contributed by atoms with Gasteiger partial charge in [-0.2, -0.15) is 0 Å². The second-order valence-electron chi connectivity index (χ2n) is 11.3. The molecule has 3 N–H and O–H groups in total. The van der Waals surface area contributed by atoms with Gasteiger partial charge in [0.15, 0.2) is 0 Å². The zero-order valence-electron chi connectivity index (χ0n) is 22.2. The fourth-order valence-corrected chi connectivity index (χ4v) is 6.70. The van der Waals surface area contributed by atoms with Crippen molar-refractivity contribution in [2.75, 3.05) is 39.3 Å². The SMILES string of the molecule is Oc1c(I)cc(C#CC2(O)CCN(Cc3ccccc3)CC2)cc1CN1CCC(N2CCC(O)CC2)CC1. The van der Waals surface area contributed by atoms with Crippen molar-refractivity contribution >= 4 is 22.6 Å². The van der Waals surface area contributed by atoms with E-state index in [0.717, 1.165) is 86.2 Å². The lowest BCUT2D eigenvalue weighted by atomic mass is 9.91. The lowest BCUT2D eigenvalue weighted by Gasteiger charge is -2.41. The van der Waals surface area contributed by atoms with E-state index in [0.29, 0.717) is 31.2 Å². The number of phenolic OH excluding ortho intramolecular Hbond substituents is 1. The van der Waals surface area contributed by atoms with Crippen LogP contribution >= 0.6 is 22.6 Å². The average Bonchev–Trinajstić information content (AvgIpc) is 2.93. The molecule has 6 nitrogen and oxygen atoms in total. The van der Waals surface area contributed by atoms with E-state index < -0.39 is 5.60 Å². The van der Waals surface area contributed by atoms with Crippen molar-refractivity contribution in [2.45, 2.75) is 69.4 Å². The smallest absolute Gasteiger partial charge is 0.133 e. The van der Waals surface area contributed by atoms with E-state index in [9.17, 15) is 15.3 Å². The van der Waals surface area contributed by atoms with Crippen LogP contribution in [0.3, 0.4) is 0 Å². The molecule has 7 heteroatoms. The van der Waals surface area contributed by atoms with Crippen LogP contribution in [0, 0.1) is 15.4 Å². The van der Waals surface area contributed by atoms with Gasteiger partial charge in [0.25, 0.3) is 0 Å². The number of benzene rings is 2. The van der Waals surface area contributed by atoms with Crippen molar-refractivity contribution in [1.82, 2.24) is 14.7 Å². The molecule has 0 spiro atoms. The number of aliphatic hydroxyl groups excluding tert-OH is 1. The Balaban J connectivity index is 1.16. The molecule has 0 bridgehead atoms. The van der Waals surface area contributed by atoms with Crippen LogP contribution in [0.15, 0.2) is 42.5 Å². The molecular formula is C31H40IN3O3. The highest BCUT2D eigenvalue weighted by Crippen LogP contribution is 2.30. The van der Waals surface area contributed by atoms with Crippen LogP contribution < -0.4 is 0 Å². The van der Waals surface area contributed by atoms with Gasteiger partial charge in [0, 0.05) is 69.3 Å². The summed E-state index contributed by atoms with van der Waals surface area (Å²) in [6.45, 7) is 7.29. The fourth-order valence-electron chi connectivity index (χ4n) is 6.02. The van der Waals surface area contributed by atoms with E-state index in [2.05, 4.69) is 73.4 Å². The van der Waals surface area contributed by atoms with E-state index in [-0.39, 0.29) is 6.10 Å². The minimum atomic E-state index is -0.969. The Hall–Kier alpha value is -1.67. The molecule has 3 fully saturated rings. The molecule has 2 aromatic rings. The van der Waals surface area contributed by atoms with E-state index in [4.69, 9.17) is 0 Å². The first-order chi connectivity index (χ1) is 18.4. The highest BCUT2D eigenvalue weighted by molar-refractivity contribution is 14.1. The Labute approximate surface area is 240 Å². The Morgan fingerprint density at radius 1 is 0.868 bits per heavy atom. The Kier molecular flexibility index (Phi) is 9.29. The van der Waals surface area contributed by atoms with Crippen LogP contribution in [0.2, 0.25) is 0 Å². The van der Waals surface area contributed by atoms with Gasteiger partial charge in [0.1, 0.15) is 11.4 Å². The van der Waals surface area contributed by atoms with Crippen LogP contribution in [-0.4, -0.2) is 87.0 Å². The molecule has 5 rings (SSSR count). The molecule has 38 heavy (non-hydrogen) atoms. The predicted molar refractivity (Wildman–Crippen MR) is 159 cm³/mol. The minimum absolute atomic E-state index is 0.125. The monoisotopic (exact) mass is 629 g/mol. The van der Waals surface area contributed by atoms with Crippen LogP contribution in [0.25, 0.3) is 0 Å². The number of hydrogen-bond acceptors (Lipinski definition) is 6. The molecule has 0 amide bonds. The van der Waals surface area contributed by atoms with Gasteiger partial charge in [0.2, 0.25) is 0 Å². The number of halogens is 1. The molecule has 204 valence electrons. The Morgan fingerprint density at radius 2 is 1.53 bits per heavy atom. The molecule has 0 radical (unpaired) electrons. The summed E-state index contributed by atoms with van der Waals surface area (Å²) in [7, 11) is 0. The zero-order chi connectivity index (χ0) is 26.5. The lowest BCUT2D eigenvalue weighted by molar-refractivity contribution is 0.0247. The Morgan fingerprint density at radius 3 is 2.21 bits per heavy atom. The molecule has 3 heterocycles. The van der Waals surface area contributed by atoms with Gasteiger partial charge in [-0.05, 0) is 79.1 Å². The molecular weight excluding hydrogens is 589 g/mol. The molecule has 2 aromatic carbocycles. The normalized spacial score (nSPS) is 22.2. The van der Waals surface area contributed by atoms with Crippen molar-refractivity contribution in [3.8, 4) is 17.6 Å². The van der Waals surface area contributed by atoms with Crippen molar-refractivity contribution in [3.63, 3.8) is 0 Å². The maximum atomic E-state index is 11.1. The molecule has 0 atom stereocenters. The van der Waals surface area contributed by atoms with E-state index in [1.165, 1.54) is 5.56 Å². The van der Waals surface area contributed by atoms with Gasteiger partial charge < -0.3 is 20.2 Å². The highest BCUT2D eigenvalue weighted by atomic mass is 127. The minimum Gasteiger partial charge on any atom is -0.507 e. The predicted octanol–water partition coefficient (Wildman–Crippen LogP) is 3.80. The summed E-state index contributed by atoms with van der Waals surface area (Å²) < 4.78 is 0.802. The fraction of sp³-hybridized carbons (Fsp3) is 0.548. The van der Waals surface area contributed by atoms with Crippen LogP contribution in [0.5, 0.6) is 5.75 Å². The largest absolute Gasteiger partial charge is 0.507 e. The second-order valence-corrected chi connectivity index (χ2v) is 12.4. The highest BCUT2D eigenvalue weighted by Gasteiger charge is 2.31. The molecule has 3 saturated heterocycles. The lowest BCUT2D eigenvalue weighted by Crippen LogP contribution is -2.48.